The molecule has 0 saturated heterocycles. The largest absolute Gasteiger partial charge is 0.486 e. The highest BCUT2D eigenvalue weighted by Crippen LogP contribution is 2.20. The van der Waals surface area contributed by atoms with Crippen molar-refractivity contribution in [3.63, 3.8) is 0 Å². The standard InChI is InChI=1S/C21H25N5O2S/c1-15(2)17-8-10-18(11-9-17)28-13-19-24-25-21(26(19)22)29-14-20(27)23-12-16-6-4-3-5-7-16/h3-11,15H,12-14,22H2,1-2H3,(H,23,27). The van der Waals surface area contributed by atoms with E-state index in [9.17, 15) is 4.79 Å². The Morgan fingerprint density at radius 3 is 2.55 bits per heavy atom. The molecule has 0 atom stereocenters. The number of hydrogen-bond donors (Lipinski definition) is 2. The van der Waals surface area contributed by atoms with E-state index < -0.39 is 0 Å². The smallest absolute Gasteiger partial charge is 0.230 e. The Labute approximate surface area is 174 Å². The molecule has 3 rings (SSSR count). The van der Waals surface area contributed by atoms with Gasteiger partial charge in [0.25, 0.3) is 0 Å². The Hall–Kier alpha value is -3.00. The number of nitrogens with two attached hydrogens (primary N) is 1. The molecule has 1 amide bonds. The molecular formula is C21H25N5O2S. The molecule has 0 radical (unpaired) electrons. The molecule has 0 spiro atoms. The summed E-state index contributed by atoms with van der Waals surface area (Å²) in [6.45, 7) is 4.98. The van der Waals surface area contributed by atoms with E-state index in [2.05, 4.69) is 29.4 Å². The number of ether oxygens (including phenoxy) is 1. The fourth-order valence-electron chi connectivity index (χ4n) is 2.58. The lowest BCUT2D eigenvalue weighted by molar-refractivity contribution is -0.118. The lowest BCUT2D eigenvalue weighted by atomic mass is 10.0. The van der Waals surface area contributed by atoms with Gasteiger partial charge in [0.15, 0.2) is 5.82 Å². The summed E-state index contributed by atoms with van der Waals surface area (Å²) in [5.74, 6) is 7.86. The number of amides is 1. The minimum atomic E-state index is -0.0927. The Balaban J connectivity index is 1.46. The summed E-state index contributed by atoms with van der Waals surface area (Å²) in [5.41, 5.74) is 2.30. The van der Waals surface area contributed by atoms with Crippen molar-refractivity contribution in [1.82, 2.24) is 20.2 Å². The molecule has 0 aliphatic heterocycles. The summed E-state index contributed by atoms with van der Waals surface area (Å²) in [7, 11) is 0. The van der Waals surface area contributed by atoms with Crippen LogP contribution < -0.4 is 15.9 Å². The van der Waals surface area contributed by atoms with E-state index in [4.69, 9.17) is 10.6 Å². The summed E-state index contributed by atoms with van der Waals surface area (Å²) < 4.78 is 7.10. The number of thioether (sulfide) groups is 1. The van der Waals surface area contributed by atoms with Crippen molar-refractivity contribution in [2.75, 3.05) is 11.6 Å². The number of aromatic nitrogens is 3. The first-order valence-electron chi connectivity index (χ1n) is 9.38. The fraction of sp³-hybridized carbons (Fsp3) is 0.286. The van der Waals surface area contributed by atoms with Gasteiger partial charge in [-0.2, -0.15) is 0 Å². The molecule has 0 aliphatic carbocycles. The Bertz CT molecular complexity index is 926. The molecule has 8 heteroatoms. The van der Waals surface area contributed by atoms with Crippen LogP contribution in [-0.2, 0) is 17.9 Å². The number of nitrogens with one attached hydrogen (secondary N) is 1. The van der Waals surface area contributed by atoms with E-state index >= 15 is 0 Å². The van der Waals surface area contributed by atoms with Crippen LogP contribution in [0.25, 0.3) is 0 Å². The van der Waals surface area contributed by atoms with Crippen molar-refractivity contribution in [3.05, 3.63) is 71.5 Å². The third-order valence-electron chi connectivity index (χ3n) is 4.31. The zero-order valence-corrected chi connectivity index (χ0v) is 17.4. The maximum atomic E-state index is 12.0. The monoisotopic (exact) mass is 411 g/mol. The fourth-order valence-corrected chi connectivity index (χ4v) is 3.28. The van der Waals surface area contributed by atoms with E-state index in [0.717, 1.165) is 11.3 Å². The third-order valence-corrected chi connectivity index (χ3v) is 5.26. The zero-order valence-electron chi connectivity index (χ0n) is 16.5. The summed E-state index contributed by atoms with van der Waals surface area (Å²) in [6.07, 6.45) is 0. The minimum Gasteiger partial charge on any atom is -0.486 e. The van der Waals surface area contributed by atoms with E-state index in [1.807, 2.05) is 54.6 Å². The molecule has 152 valence electrons. The van der Waals surface area contributed by atoms with E-state index in [-0.39, 0.29) is 18.3 Å². The van der Waals surface area contributed by atoms with E-state index in [0.29, 0.717) is 23.4 Å². The molecule has 2 aromatic carbocycles. The average Bonchev–Trinajstić information content (AvgIpc) is 3.09. The topological polar surface area (TPSA) is 95.1 Å². The van der Waals surface area contributed by atoms with Gasteiger partial charge in [0.2, 0.25) is 11.1 Å². The second-order valence-corrected chi connectivity index (χ2v) is 7.77. The molecule has 29 heavy (non-hydrogen) atoms. The molecule has 7 nitrogen and oxygen atoms in total. The first kappa shape index (κ1) is 20.7. The van der Waals surface area contributed by atoms with Gasteiger partial charge < -0.3 is 15.9 Å². The first-order valence-corrected chi connectivity index (χ1v) is 10.4. The molecule has 0 saturated carbocycles. The second kappa shape index (κ2) is 9.97. The summed E-state index contributed by atoms with van der Waals surface area (Å²) >= 11 is 1.23. The number of benzene rings is 2. The highest BCUT2D eigenvalue weighted by molar-refractivity contribution is 7.99. The maximum absolute atomic E-state index is 12.0. The van der Waals surface area contributed by atoms with E-state index in [1.54, 1.807) is 0 Å². The molecular weight excluding hydrogens is 386 g/mol. The zero-order chi connectivity index (χ0) is 20.6. The number of nitrogen functional groups attached to an aromatic ring is 1. The lowest BCUT2D eigenvalue weighted by Crippen LogP contribution is -2.25. The minimum absolute atomic E-state index is 0.0927. The summed E-state index contributed by atoms with van der Waals surface area (Å²) in [6, 6.07) is 17.7. The number of carbonyl (C=O) groups is 1. The Morgan fingerprint density at radius 2 is 1.86 bits per heavy atom. The van der Waals surface area contributed by atoms with Crippen molar-refractivity contribution in [2.24, 2.45) is 0 Å². The highest BCUT2D eigenvalue weighted by Gasteiger charge is 2.13. The van der Waals surface area contributed by atoms with Crippen LogP contribution in [0.4, 0.5) is 0 Å². The van der Waals surface area contributed by atoms with Crippen LogP contribution in [0.15, 0.2) is 59.8 Å². The first-order chi connectivity index (χ1) is 14.0. The van der Waals surface area contributed by atoms with Crippen LogP contribution in [0.1, 0.15) is 36.7 Å². The lowest BCUT2D eigenvalue weighted by Gasteiger charge is -2.09. The van der Waals surface area contributed by atoms with Crippen LogP contribution in [0.5, 0.6) is 5.75 Å². The van der Waals surface area contributed by atoms with Gasteiger partial charge in [-0.25, -0.2) is 4.68 Å². The number of rotatable bonds is 9. The number of nitrogens with zero attached hydrogens (tertiary/aromatic N) is 3. The molecule has 1 heterocycles. The van der Waals surface area contributed by atoms with Crippen LogP contribution in [0, 0.1) is 0 Å². The van der Waals surface area contributed by atoms with Gasteiger partial charge in [0.1, 0.15) is 12.4 Å². The van der Waals surface area contributed by atoms with Gasteiger partial charge in [-0.15, -0.1) is 10.2 Å². The van der Waals surface area contributed by atoms with Crippen LogP contribution in [-0.4, -0.2) is 26.5 Å². The SMILES string of the molecule is CC(C)c1ccc(OCc2nnc(SCC(=O)NCc3ccccc3)n2N)cc1. The molecule has 0 aliphatic rings. The van der Waals surface area contributed by atoms with Gasteiger partial charge in [-0.3, -0.25) is 4.79 Å². The molecule has 0 bridgehead atoms. The maximum Gasteiger partial charge on any atom is 0.230 e. The van der Waals surface area contributed by atoms with Gasteiger partial charge in [-0.05, 0) is 29.2 Å². The van der Waals surface area contributed by atoms with Gasteiger partial charge >= 0.3 is 0 Å². The van der Waals surface area contributed by atoms with Crippen molar-refractivity contribution in [1.29, 1.82) is 0 Å². The Morgan fingerprint density at radius 1 is 1.14 bits per heavy atom. The summed E-state index contributed by atoms with van der Waals surface area (Å²) in [5, 5.41) is 11.4. The van der Waals surface area contributed by atoms with Crippen molar-refractivity contribution in [3.8, 4) is 5.75 Å². The number of carbonyl (C=O) groups excluding carboxylic acids is 1. The molecule has 1 aromatic heterocycles. The van der Waals surface area contributed by atoms with Crippen molar-refractivity contribution < 1.29 is 9.53 Å². The van der Waals surface area contributed by atoms with Crippen LogP contribution >= 0.6 is 11.8 Å². The molecule has 3 aromatic rings. The second-order valence-electron chi connectivity index (χ2n) is 6.83. The molecule has 0 unspecified atom stereocenters. The number of hydrogen-bond acceptors (Lipinski definition) is 6. The van der Waals surface area contributed by atoms with Crippen molar-refractivity contribution >= 4 is 17.7 Å². The summed E-state index contributed by atoms with van der Waals surface area (Å²) in [4.78, 5) is 12.0. The molecule has 0 fully saturated rings. The average molecular weight is 412 g/mol. The van der Waals surface area contributed by atoms with Crippen molar-refractivity contribution in [2.45, 2.75) is 38.1 Å². The third kappa shape index (κ3) is 5.99. The van der Waals surface area contributed by atoms with E-state index in [1.165, 1.54) is 22.0 Å². The van der Waals surface area contributed by atoms with Crippen LogP contribution in [0.2, 0.25) is 0 Å². The quantitative estimate of drug-likeness (QED) is 0.415. The Kier molecular flexibility index (Phi) is 7.13. The predicted molar refractivity (Wildman–Crippen MR) is 114 cm³/mol. The van der Waals surface area contributed by atoms with Gasteiger partial charge in [-0.1, -0.05) is 68.1 Å². The van der Waals surface area contributed by atoms with Gasteiger partial charge in [0.05, 0.1) is 5.75 Å². The normalized spacial score (nSPS) is 10.9. The van der Waals surface area contributed by atoms with Gasteiger partial charge in [0, 0.05) is 6.54 Å². The van der Waals surface area contributed by atoms with Crippen LogP contribution in [0.3, 0.4) is 0 Å². The molecule has 3 N–H and O–H groups in total. The highest BCUT2D eigenvalue weighted by atomic mass is 32.2. The predicted octanol–water partition coefficient (Wildman–Crippen LogP) is 3.10.